The number of rotatable bonds is 2. The van der Waals surface area contributed by atoms with Gasteiger partial charge in [-0.3, -0.25) is 14.9 Å². The molecular formula is C14H13N5O. The molecule has 1 amide bonds. The Bertz CT molecular complexity index is 766. The third kappa shape index (κ3) is 1.97. The van der Waals surface area contributed by atoms with Gasteiger partial charge in [0.05, 0.1) is 5.52 Å². The van der Waals surface area contributed by atoms with Gasteiger partial charge in [-0.2, -0.15) is 5.10 Å². The molecule has 2 heterocycles. The standard InChI is InChI=1S/C14H13N5O/c1-19(10-4-6-16-7-5-10)14(20)13-11-8-9(15)2-3-12(11)17-18-13/h2-8H,15H2,1H3,(H,17,18). The van der Waals surface area contributed by atoms with E-state index in [0.717, 1.165) is 16.6 Å². The summed E-state index contributed by atoms with van der Waals surface area (Å²) in [5, 5.41) is 7.65. The van der Waals surface area contributed by atoms with Crippen LogP contribution >= 0.6 is 0 Å². The van der Waals surface area contributed by atoms with Gasteiger partial charge >= 0.3 is 0 Å². The van der Waals surface area contributed by atoms with Gasteiger partial charge < -0.3 is 10.6 Å². The fourth-order valence-corrected chi connectivity index (χ4v) is 2.04. The molecule has 0 radical (unpaired) electrons. The first-order valence-corrected chi connectivity index (χ1v) is 6.08. The Labute approximate surface area is 115 Å². The Morgan fingerprint density at radius 3 is 2.75 bits per heavy atom. The van der Waals surface area contributed by atoms with E-state index in [9.17, 15) is 4.79 Å². The molecule has 0 atom stereocenters. The first kappa shape index (κ1) is 12.2. The van der Waals surface area contributed by atoms with Crippen LogP contribution in [0.1, 0.15) is 10.5 Å². The smallest absolute Gasteiger partial charge is 0.279 e. The predicted octanol–water partition coefficient (Wildman–Crippen LogP) is 1.82. The summed E-state index contributed by atoms with van der Waals surface area (Å²) in [6, 6.07) is 8.84. The SMILES string of the molecule is CN(C(=O)c1n[nH]c2ccc(N)cc12)c1ccncc1. The molecule has 0 unspecified atom stereocenters. The normalized spacial score (nSPS) is 10.7. The lowest BCUT2D eigenvalue weighted by molar-refractivity contribution is 0.0990. The van der Waals surface area contributed by atoms with Crippen molar-refractivity contribution >= 4 is 28.2 Å². The summed E-state index contributed by atoms with van der Waals surface area (Å²) >= 11 is 0. The van der Waals surface area contributed by atoms with Gasteiger partial charge in [0, 0.05) is 36.2 Å². The minimum Gasteiger partial charge on any atom is -0.399 e. The van der Waals surface area contributed by atoms with E-state index in [4.69, 9.17) is 5.73 Å². The molecular weight excluding hydrogens is 254 g/mol. The highest BCUT2D eigenvalue weighted by atomic mass is 16.2. The lowest BCUT2D eigenvalue weighted by atomic mass is 10.1. The molecule has 20 heavy (non-hydrogen) atoms. The maximum atomic E-state index is 12.5. The van der Waals surface area contributed by atoms with Gasteiger partial charge in [-0.15, -0.1) is 0 Å². The van der Waals surface area contributed by atoms with Crippen LogP contribution in [0.25, 0.3) is 10.9 Å². The van der Waals surface area contributed by atoms with Gasteiger partial charge in [-0.25, -0.2) is 0 Å². The molecule has 0 bridgehead atoms. The van der Waals surface area contributed by atoms with E-state index in [1.54, 1.807) is 49.8 Å². The number of nitrogen functional groups attached to an aromatic ring is 1. The van der Waals surface area contributed by atoms with Crippen LogP contribution in [0.15, 0.2) is 42.7 Å². The molecule has 3 rings (SSSR count). The van der Waals surface area contributed by atoms with E-state index >= 15 is 0 Å². The monoisotopic (exact) mass is 267 g/mol. The van der Waals surface area contributed by atoms with Crippen molar-refractivity contribution in [2.75, 3.05) is 17.7 Å². The average Bonchev–Trinajstić information content (AvgIpc) is 2.89. The molecule has 0 saturated carbocycles. The van der Waals surface area contributed by atoms with E-state index in [-0.39, 0.29) is 5.91 Å². The van der Waals surface area contributed by atoms with Crippen LogP contribution in [0.3, 0.4) is 0 Å². The minimum atomic E-state index is -0.201. The second-order valence-electron chi connectivity index (χ2n) is 4.45. The van der Waals surface area contributed by atoms with E-state index < -0.39 is 0 Å². The first-order chi connectivity index (χ1) is 9.66. The zero-order valence-electron chi connectivity index (χ0n) is 10.9. The van der Waals surface area contributed by atoms with Crippen molar-refractivity contribution in [1.29, 1.82) is 0 Å². The number of carbonyl (C=O) groups is 1. The maximum absolute atomic E-state index is 12.5. The lowest BCUT2D eigenvalue weighted by Gasteiger charge is -2.15. The molecule has 3 aromatic rings. The number of hydrogen-bond acceptors (Lipinski definition) is 4. The highest BCUT2D eigenvalue weighted by Crippen LogP contribution is 2.21. The highest BCUT2D eigenvalue weighted by molar-refractivity contribution is 6.12. The predicted molar refractivity (Wildman–Crippen MR) is 77.5 cm³/mol. The molecule has 0 saturated heterocycles. The topological polar surface area (TPSA) is 87.9 Å². The van der Waals surface area contributed by atoms with Crippen molar-refractivity contribution in [2.24, 2.45) is 0 Å². The Kier molecular flexibility index (Phi) is 2.83. The molecule has 0 aliphatic rings. The van der Waals surface area contributed by atoms with Crippen LogP contribution in [-0.4, -0.2) is 28.1 Å². The third-order valence-electron chi connectivity index (χ3n) is 3.14. The zero-order valence-corrected chi connectivity index (χ0v) is 10.9. The summed E-state index contributed by atoms with van der Waals surface area (Å²) in [5.41, 5.74) is 8.25. The number of aromatic amines is 1. The zero-order chi connectivity index (χ0) is 14.1. The molecule has 1 aromatic carbocycles. The average molecular weight is 267 g/mol. The molecule has 0 fully saturated rings. The van der Waals surface area contributed by atoms with Crippen LogP contribution in [0.2, 0.25) is 0 Å². The number of nitrogens with two attached hydrogens (primary N) is 1. The van der Waals surface area contributed by atoms with E-state index in [2.05, 4.69) is 15.2 Å². The Morgan fingerprint density at radius 1 is 1.25 bits per heavy atom. The van der Waals surface area contributed by atoms with Crippen molar-refractivity contribution in [3.63, 3.8) is 0 Å². The summed E-state index contributed by atoms with van der Waals surface area (Å²) in [4.78, 5) is 18.0. The number of hydrogen-bond donors (Lipinski definition) is 2. The van der Waals surface area contributed by atoms with E-state index in [0.29, 0.717) is 11.4 Å². The number of H-pyrrole nitrogens is 1. The second kappa shape index (κ2) is 4.65. The number of carbonyl (C=O) groups excluding carboxylic acids is 1. The third-order valence-corrected chi connectivity index (χ3v) is 3.14. The number of nitrogens with one attached hydrogen (secondary N) is 1. The first-order valence-electron chi connectivity index (χ1n) is 6.08. The van der Waals surface area contributed by atoms with E-state index in [1.807, 2.05) is 0 Å². The van der Waals surface area contributed by atoms with Gasteiger partial charge in [0.25, 0.3) is 5.91 Å². The number of aromatic nitrogens is 3. The molecule has 6 nitrogen and oxygen atoms in total. The van der Waals surface area contributed by atoms with Crippen LogP contribution in [0, 0.1) is 0 Å². The number of fused-ring (bicyclic) bond motifs is 1. The maximum Gasteiger partial charge on any atom is 0.279 e. The number of nitrogens with zero attached hydrogens (tertiary/aromatic N) is 3. The van der Waals surface area contributed by atoms with Gasteiger partial charge in [-0.05, 0) is 30.3 Å². The molecule has 3 N–H and O–H groups in total. The van der Waals surface area contributed by atoms with E-state index in [1.165, 1.54) is 4.90 Å². The van der Waals surface area contributed by atoms with Crippen LogP contribution in [0.5, 0.6) is 0 Å². The van der Waals surface area contributed by atoms with Crippen molar-refractivity contribution < 1.29 is 4.79 Å². The summed E-state index contributed by atoms with van der Waals surface area (Å²) in [5.74, 6) is -0.201. The fraction of sp³-hybridized carbons (Fsp3) is 0.0714. The van der Waals surface area contributed by atoms with Crippen molar-refractivity contribution in [1.82, 2.24) is 15.2 Å². The summed E-state index contributed by atoms with van der Waals surface area (Å²) in [6.45, 7) is 0. The van der Waals surface area contributed by atoms with Crippen molar-refractivity contribution in [3.8, 4) is 0 Å². The molecule has 2 aromatic heterocycles. The molecule has 0 aliphatic heterocycles. The molecule has 0 aliphatic carbocycles. The van der Waals surface area contributed by atoms with Gasteiger partial charge in [-0.1, -0.05) is 0 Å². The van der Waals surface area contributed by atoms with Gasteiger partial charge in [0.15, 0.2) is 5.69 Å². The Morgan fingerprint density at radius 2 is 2.00 bits per heavy atom. The largest absolute Gasteiger partial charge is 0.399 e. The number of pyridine rings is 1. The Balaban J connectivity index is 2.03. The Hall–Kier alpha value is -2.89. The van der Waals surface area contributed by atoms with Crippen LogP contribution < -0.4 is 10.6 Å². The summed E-state index contributed by atoms with van der Waals surface area (Å²) in [6.07, 6.45) is 3.28. The van der Waals surface area contributed by atoms with Crippen LogP contribution in [-0.2, 0) is 0 Å². The fourth-order valence-electron chi connectivity index (χ4n) is 2.04. The van der Waals surface area contributed by atoms with Crippen LogP contribution in [0.4, 0.5) is 11.4 Å². The lowest BCUT2D eigenvalue weighted by Crippen LogP contribution is -2.26. The number of benzene rings is 1. The number of anilines is 2. The molecule has 100 valence electrons. The number of amides is 1. The quantitative estimate of drug-likeness (QED) is 0.693. The van der Waals surface area contributed by atoms with Crippen molar-refractivity contribution in [3.05, 3.63) is 48.4 Å². The highest BCUT2D eigenvalue weighted by Gasteiger charge is 2.19. The second-order valence-corrected chi connectivity index (χ2v) is 4.45. The molecule has 6 heteroatoms. The minimum absolute atomic E-state index is 0.201. The summed E-state index contributed by atoms with van der Waals surface area (Å²) < 4.78 is 0. The molecule has 0 spiro atoms. The van der Waals surface area contributed by atoms with Crippen molar-refractivity contribution in [2.45, 2.75) is 0 Å². The van der Waals surface area contributed by atoms with Gasteiger partial charge in [0.1, 0.15) is 0 Å². The van der Waals surface area contributed by atoms with Gasteiger partial charge in [0.2, 0.25) is 0 Å². The summed E-state index contributed by atoms with van der Waals surface area (Å²) in [7, 11) is 1.70.